The number of aliphatic carboxylic acids is 1. The minimum Gasteiger partial charge on any atom is -0.480 e. The molecule has 6 heteroatoms. The highest BCUT2D eigenvalue weighted by Crippen LogP contribution is 2.11. The second-order valence-electron chi connectivity index (χ2n) is 4.80. The van der Waals surface area contributed by atoms with Gasteiger partial charge in [0.1, 0.15) is 6.04 Å². The van der Waals surface area contributed by atoms with Gasteiger partial charge in [0.25, 0.3) is 0 Å². The smallest absolute Gasteiger partial charge is 0.326 e. The number of carbonyl (C=O) groups is 3. The molecule has 3 N–H and O–H groups in total. The molecule has 1 atom stereocenters. The van der Waals surface area contributed by atoms with Crippen molar-refractivity contribution < 1.29 is 19.5 Å². The molecule has 0 aromatic rings. The molecule has 0 aromatic heterocycles. The Morgan fingerprint density at radius 1 is 1.24 bits per heavy atom. The summed E-state index contributed by atoms with van der Waals surface area (Å²) >= 11 is 0. The van der Waals surface area contributed by atoms with E-state index >= 15 is 0 Å². The quantitative estimate of drug-likeness (QED) is 0.640. The van der Waals surface area contributed by atoms with Crippen molar-refractivity contribution in [1.82, 2.24) is 10.6 Å². The average molecular weight is 244 g/mol. The minimum atomic E-state index is -1.08. The third-order valence-corrected chi connectivity index (χ3v) is 2.13. The van der Waals surface area contributed by atoms with Crippen LogP contribution in [0.3, 0.4) is 0 Å². The Morgan fingerprint density at radius 3 is 2.12 bits per heavy atom. The molecule has 0 saturated heterocycles. The van der Waals surface area contributed by atoms with E-state index in [-0.39, 0.29) is 12.5 Å². The number of nitrogens with one attached hydrogen (secondary N) is 2. The number of hydrogen-bond donors (Lipinski definition) is 3. The number of amides is 2. The fourth-order valence-electron chi connectivity index (χ4n) is 1.01. The summed E-state index contributed by atoms with van der Waals surface area (Å²) in [4.78, 5) is 33.5. The predicted octanol–water partition coefficient (Wildman–Crippen LogP) is 0.128. The highest BCUT2D eigenvalue weighted by atomic mass is 16.4. The highest BCUT2D eigenvalue weighted by molar-refractivity contribution is 5.89. The van der Waals surface area contributed by atoms with Gasteiger partial charge in [-0.25, -0.2) is 4.79 Å². The molecule has 0 aliphatic rings. The molecule has 0 bridgehead atoms. The second kappa shape index (κ2) is 6.22. The predicted molar refractivity (Wildman–Crippen MR) is 62.3 cm³/mol. The number of rotatable bonds is 5. The van der Waals surface area contributed by atoms with Gasteiger partial charge in [0, 0.05) is 5.41 Å². The van der Waals surface area contributed by atoms with Gasteiger partial charge in [-0.3, -0.25) is 9.59 Å². The maximum atomic E-state index is 11.5. The van der Waals surface area contributed by atoms with Crippen LogP contribution in [0.25, 0.3) is 0 Å². The fraction of sp³-hybridized carbons (Fsp3) is 0.727. The molecule has 2 amide bonds. The van der Waals surface area contributed by atoms with E-state index in [1.165, 1.54) is 0 Å². The minimum absolute atomic E-state index is 0.208. The van der Waals surface area contributed by atoms with Crippen molar-refractivity contribution >= 4 is 17.8 Å². The third kappa shape index (κ3) is 5.89. The first kappa shape index (κ1) is 15.4. The van der Waals surface area contributed by atoms with Gasteiger partial charge in [-0.05, 0) is 6.42 Å². The Bertz CT molecular complexity index is 307. The maximum absolute atomic E-state index is 11.5. The lowest BCUT2D eigenvalue weighted by Crippen LogP contribution is -2.46. The Hall–Kier alpha value is -1.59. The van der Waals surface area contributed by atoms with Crippen molar-refractivity contribution in [2.75, 3.05) is 6.54 Å². The summed E-state index contributed by atoms with van der Waals surface area (Å²) in [6, 6.07) is -0.908. The number of carbonyl (C=O) groups excluding carboxylic acids is 2. The molecule has 0 spiro atoms. The van der Waals surface area contributed by atoms with Crippen LogP contribution in [0, 0.1) is 5.41 Å². The molecule has 1 unspecified atom stereocenters. The maximum Gasteiger partial charge on any atom is 0.326 e. The van der Waals surface area contributed by atoms with Gasteiger partial charge in [0.2, 0.25) is 11.8 Å². The van der Waals surface area contributed by atoms with Gasteiger partial charge in [0.05, 0.1) is 6.54 Å². The van der Waals surface area contributed by atoms with E-state index in [1.807, 2.05) is 0 Å². The largest absolute Gasteiger partial charge is 0.480 e. The van der Waals surface area contributed by atoms with E-state index in [9.17, 15) is 14.4 Å². The first-order valence-electron chi connectivity index (χ1n) is 5.49. The van der Waals surface area contributed by atoms with Crippen molar-refractivity contribution in [3.05, 3.63) is 0 Å². The van der Waals surface area contributed by atoms with E-state index in [0.717, 1.165) is 0 Å². The first-order chi connectivity index (χ1) is 7.68. The van der Waals surface area contributed by atoms with Crippen LogP contribution in [0.15, 0.2) is 0 Å². The topological polar surface area (TPSA) is 95.5 Å². The summed E-state index contributed by atoms with van der Waals surface area (Å²) in [5.74, 6) is -1.84. The molecule has 17 heavy (non-hydrogen) atoms. The number of carboxylic acids is 1. The SMILES string of the molecule is CCC(NC(=O)CNC(=O)C(C)(C)C)C(=O)O. The third-order valence-electron chi connectivity index (χ3n) is 2.13. The van der Waals surface area contributed by atoms with Crippen molar-refractivity contribution in [2.45, 2.75) is 40.2 Å². The fourth-order valence-corrected chi connectivity index (χ4v) is 1.01. The molecule has 0 aromatic carbocycles. The van der Waals surface area contributed by atoms with Gasteiger partial charge in [-0.2, -0.15) is 0 Å². The molecule has 0 saturated carbocycles. The second-order valence-corrected chi connectivity index (χ2v) is 4.80. The molecule has 0 heterocycles. The van der Waals surface area contributed by atoms with E-state index in [2.05, 4.69) is 10.6 Å². The molecule has 0 radical (unpaired) electrons. The van der Waals surface area contributed by atoms with Crippen LogP contribution in [0.4, 0.5) is 0 Å². The van der Waals surface area contributed by atoms with E-state index in [0.29, 0.717) is 6.42 Å². The van der Waals surface area contributed by atoms with Gasteiger partial charge in [0.15, 0.2) is 0 Å². The van der Waals surface area contributed by atoms with Crippen LogP contribution < -0.4 is 10.6 Å². The molecule has 6 nitrogen and oxygen atoms in total. The lowest BCUT2D eigenvalue weighted by molar-refractivity contribution is -0.141. The zero-order valence-electron chi connectivity index (χ0n) is 10.7. The lowest BCUT2D eigenvalue weighted by Gasteiger charge is -2.18. The Labute approximate surface area is 101 Å². The monoisotopic (exact) mass is 244 g/mol. The van der Waals surface area contributed by atoms with Crippen LogP contribution >= 0.6 is 0 Å². The van der Waals surface area contributed by atoms with Crippen LogP contribution in [0.2, 0.25) is 0 Å². The first-order valence-corrected chi connectivity index (χ1v) is 5.49. The van der Waals surface area contributed by atoms with Gasteiger partial charge < -0.3 is 15.7 Å². The van der Waals surface area contributed by atoms with Crippen molar-refractivity contribution in [2.24, 2.45) is 5.41 Å². The molecule has 0 aliphatic carbocycles. The summed E-state index contributed by atoms with van der Waals surface area (Å²) in [6.45, 7) is 6.64. The van der Waals surface area contributed by atoms with Crippen LogP contribution in [0.5, 0.6) is 0 Å². The van der Waals surface area contributed by atoms with E-state index in [1.54, 1.807) is 27.7 Å². The summed E-state index contributed by atoms with van der Waals surface area (Å²) < 4.78 is 0. The van der Waals surface area contributed by atoms with Crippen LogP contribution in [0.1, 0.15) is 34.1 Å². The molecule has 0 rings (SSSR count). The average Bonchev–Trinajstić information content (AvgIpc) is 2.20. The van der Waals surface area contributed by atoms with Crippen molar-refractivity contribution in [1.29, 1.82) is 0 Å². The zero-order valence-corrected chi connectivity index (χ0v) is 10.7. The summed E-state index contributed by atoms with van der Waals surface area (Å²) in [5, 5.41) is 13.5. The Kier molecular flexibility index (Phi) is 5.64. The highest BCUT2D eigenvalue weighted by Gasteiger charge is 2.22. The molecular weight excluding hydrogens is 224 g/mol. The van der Waals surface area contributed by atoms with Gasteiger partial charge in [-0.15, -0.1) is 0 Å². The normalized spacial score (nSPS) is 12.7. The van der Waals surface area contributed by atoms with E-state index in [4.69, 9.17) is 5.11 Å². The molecule has 0 aliphatic heterocycles. The molecule has 0 fully saturated rings. The van der Waals surface area contributed by atoms with E-state index < -0.39 is 23.3 Å². The lowest BCUT2D eigenvalue weighted by atomic mass is 9.96. The summed E-state index contributed by atoms with van der Waals surface area (Å²) in [5.41, 5.74) is -0.572. The van der Waals surface area contributed by atoms with Crippen LogP contribution in [-0.4, -0.2) is 35.5 Å². The summed E-state index contributed by atoms with van der Waals surface area (Å²) in [7, 11) is 0. The number of carboxylic acid groups (broad SMARTS) is 1. The standard InChI is InChI=1S/C11H20N2O4/c1-5-7(9(15)16)13-8(14)6-12-10(17)11(2,3)4/h7H,5-6H2,1-4H3,(H,12,17)(H,13,14)(H,15,16). The molecular formula is C11H20N2O4. The Morgan fingerprint density at radius 2 is 1.76 bits per heavy atom. The van der Waals surface area contributed by atoms with Crippen LogP contribution in [-0.2, 0) is 14.4 Å². The zero-order chi connectivity index (χ0) is 13.6. The van der Waals surface area contributed by atoms with Crippen molar-refractivity contribution in [3.63, 3.8) is 0 Å². The van der Waals surface area contributed by atoms with Gasteiger partial charge >= 0.3 is 5.97 Å². The van der Waals surface area contributed by atoms with Gasteiger partial charge in [-0.1, -0.05) is 27.7 Å². The van der Waals surface area contributed by atoms with Crippen molar-refractivity contribution in [3.8, 4) is 0 Å². The number of hydrogen-bond acceptors (Lipinski definition) is 3. The Balaban J connectivity index is 4.12. The molecule has 98 valence electrons. The summed E-state index contributed by atoms with van der Waals surface area (Å²) in [6.07, 6.45) is 0.300.